The van der Waals surface area contributed by atoms with Crippen LogP contribution in [0.3, 0.4) is 0 Å². The molecule has 0 saturated carbocycles. The molecule has 1 aromatic heterocycles. The SMILES string of the molecule is CCCNC(=O)c1ccc(CN(Cc2ccccc2)Cc2cc(OC)ccc2OC)o1. The van der Waals surface area contributed by atoms with Gasteiger partial charge in [0, 0.05) is 25.2 Å². The number of hydrogen-bond acceptors (Lipinski definition) is 5. The maximum Gasteiger partial charge on any atom is 0.286 e. The highest BCUT2D eigenvalue weighted by Gasteiger charge is 2.16. The molecule has 0 saturated heterocycles. The van der Waals surface area contributed by atoms with Gasteiger partial charge in [0.1, 0.15) is 17.3 Å². The van der Waals surface area contributed by atoms with Gasteiger partial charge in [-0.1, -0.05) is 37.3 Å². The van der Waals surface area contributed by atoms with Crippen LogP contribution in [-0.4, -0.2) is 31.6 Å². The van der Waals surface area contributed by atoms with Crippen molar-refractivity contribution >= 4 is 5.91 Å². The molecule has 0 aliphatic heterocycles. The molecular formula is C25H30N2O4. The Morgan fingerprint density at radius 3 is 2.48 bits per heavy atom. The van der Waals surface area contributed by atoms with Crippen molar-refractivity contribution in [1.29, 1.82) is 0 Å². The van der Waals surface area contributed by atoms with Crippen LogP contribution in [0.15, 0.2) is 65.1 Å². The zero-order chi connectivity index (χ0) is 22.1. The van der Waals surface area contributed by atoms with E-state index in [1.165, 1.54) is 5.56 Å². The van der Waals surface area contributed by atoms with Crippen LogP contribution in [0.2, 0.25) is 0 Å². The average Bonchev–Trinajstić information content (AvgIpc) is 3.26. The van der Waals surface area contributed by atoms with Crippen LogP contribution in [0, 0.1) is 0 Å². The first kappa shape index (κ1) is 22.4. The van der Waals surface area contributed by atoms with Gasteiger partial charge in [0.15, 0.2) is 5.76 Å². The second-order valence-corrected chi connectivity index (χ2v) is 7.33. The number of carbonyl (C=O) groups is 1. The molecule has 31 heavy (non-hydrogen) atoms. The number of methoxy groups -OCH3 is 2. The molecule has 1 heterocycles. The van der Waals surface area contributed by atoms with Crippen molar-refractivity contribution in [2.45, 2.75) is 33.0 Å². The van der Waals surface area contributed by atoms with E-state index in [1.807, 2.05) is 49.4 Å². The molecular weight excluding hydrogens is 392 g/mol. The van der Waals surface area contributed by atoms with Gasteiger partial charge in [0.05, 0.1) is 20.8 Å². The zero-order valence-electron chi connectivity index (χ0n) is 18.4. The summed E-state index contributed by atoms with van der Waals surface area (Å²) in [5.74, 6) is 2.47. The Hall–Kier alpha value is -3.25. The largest absolute Gasteiger partial charge is 0.497 e. The van der Waals surface area contributed by atoms with E-state index in [4.69, 9.17) is 13.9 Å². The van der Waals surface area contributed by atoms with Gasteiger partial charge >= 0.3 is 0 Å². The lowest BCUT2D eigenvalue weighted by atomic mass is 10.1. The Kier molecular flexibility index (Phi) is 8.12. The van der Waals surface area contributed by atoms with Crippen molar-refractivity contribution in [2.75, 3.05) is 20.8 Å². The fourth-order valence-electron chi connectivity index (χ4n) is 3.39. The second-order valence-electron chi connectivity index (χ2n) is 7.33. The van der Waals surface area contributed by atoms with Crippen LogP contribution in [0.5, 0.6) is 11.5 Å². The Morgan fingerprint density at radius 1 is 0.968 bits per heavy atom. The van der Waals surface area contributed by atoms with Crippen molar-refractivity contribution in [3.05, 3.63) is 83.3 Å². The number of amides is 1. The number of carbonyl (C=O) groups excluding carboxylic acids is 1. The number of furan rings is 1. The molecule has 2 aromatic carbocycles. The maximum atomic E-state index is 12.2. The zero-order valence-corrected chi connectivity index (χ0v) is 18.4. The fraction of sp³-hybridized carbons (Fsp3) is 0.320. The minimum Gasteiger partial charge on any atom is -0.497 e. The van der Waals surface area contributed by atoms with Crippen molar-refractivity contribution < 1.29 is 18.7 Å². The van der Waals surface area contributed by atoms with Crippen LogP contribution < -0.4 is 14.8 Å². The number of rotatable bonds is 11. The molecule has 1 amide bonds. The number of hydrogen-bond donors (Lipinski definition) is 1. The topological polar surface area (TPSA) is 63.9 Å². The molecule has 0 spiro atoms. The molecule has 6 nitrogen and oxygen atoms in total. The highest BCUT2D eigenvalue weighted by atomic mass is 16.5. The van der Waals surface area contributed by atoms with E-state index in [-0.39, 0.29) is 5.91 Å². The van der Waals surface area contributed by atoms with Crippen LogP contribution in [0.1, 0.15) is 40.8 Å². The van der Waals surface area contributed by atoms with Crippen molar-refractivity contribution in [1.82, 2.24) is 10.2 Å². The molecule has 6 heteroatoms. The van der Waals surface area contributed by atoms with E-state index in [9.17, 15) is 4.79 Å². The third-order valence-electron chi connectivity index (χ3n) is 4.93. The van der Waals surface area contributed by atoms with Gasteiger partial charge in [-0.15, -0.1) is 0 Å². The predicted octanol–water partition coefficient (Wildman–Crippen LogP) is 4.64. The summed E-state index contributed by atoms with van der Waals surface area (Å²) in [6, 6.07) is 19.6. The first-order valence-corrected chi connectivity index (χ1v) is 10.5. The maximum absolute atomic E-state index is 12.2. The monoisotopic (exact) mass is 422 g/mol. The summed E-state index contributed by atoms with van der Waals surface area (Å²) in [5, 5.41) is 2.85. The summed E-state index contributed by atoms with van der Waals surface area (Å²) in [4.78, 5) is 14.4. The molecule has 0 aliphatic rings. The standard InChI is InChI=1S/C25H30N2O4/c1-4-14-26-25(28)24-13-11-22(31-24)18-27(16-19-8-6-5-7-9-19)17-20-15-21(29-2)10-12-23(20)30-3/h5-13,15H,4,14,16-18H2,1-3H3,(H,26,28). The smallest absolute Gasteiger partial charge is 0.286 e. The summed E-state index contributed by atoms with van der Waals surface area (Å²) in [7, 11) is 3.32. The third-order valence-corrected chi connectivity index (χ3v) is 4.93. The van der Waals surface area contributed by atoms with Crippen LogP contribution >= 0.6 is 0 Å². The molecule has 0 aliphatic carbocycles. The first-order valence-electron chi connectivity index (χ1n) is 10.5. The molecule has 0 atom stereocenters. The summed E-state index contributed by atoms with van der Waals surface area (Å²) < 4.78 is 16.8. The van der Waals surface area contributed by atoms with E-state index < -0.39 is 0 Å². The lowest BCUT2D eigenvalue weighted by Gasteiger charge is -2.23. The van der Waals surface area contributed by atoms with Crippen LogP contribution in [0.25, 0.3) is 0 Å². The molecule has 3 aromatic rings. The molecule has 1 N–H and O–H groups in total. The molecule has 0 unspecified atom stereocenters. The lowest BCUT2D eigenvalue weighted by molar-refractivity contribution is 0.0921. The minimum absolute atomic E-state index is 0.183. The van der Waals surface area contributed by atoms with Gasteiger partial charge in [0.2, 0.25) is 0 Å². The Bertz CT molecular complexity index is 969. The van der Waals surface area contributed by atoms with E-state index in [0.29, 0.717) is 25.4 Å². The van der Waals surface area contributed by atoms with Gasteiger partial charge < -0.3 is 19.2 Å². The lowest BCUT2D eigenvalue weighted by Crippen LogP contribution is -2.24. The normalized spacial score (nSPS) is 10.8. The Balaban J connectivity index is 1.81. The van der Waals surface area contributed by atoms with E-state index in [0.717, 1.165) is 35.8 Å². The highest BCUT2D eigenvalue weighted by Crippen LogP contribution is 2.27. The average molecular weight is 423 g/mol. The summed E-state index contributed by atoms with van der Waals surface area (Å²) >= 11 is 0. The number of ether oxygens (including phenoxy) is 2. The van der Waals surface area contributed by atoms with Crippen molar-refractivity contribution in [3.63, 3.8) is 0 Å². The third kappa shape index (κ3) is 6.36. The Labute approximate surface area is 183 Å². The molecule has 0 fully saturated rings. The van der Waals surface area contributed by atoms with E-state index in [1.54, 1.807) is 20.3 Å². The van der Waals surface area contributed by atoms with Gasteiger partial charge in [-0.3, -0.25) is 9.69 Å². The quantitative estimate of drug-likeness (QED) is 0.488. The molecule has 3 rings (SSSR count). The van der Waals surface area contributed by atoms with Crippen molar-refractivity contribution in [3.8, 4) is 11.5 Å². The Morgan fingerprint density at radius 2 is 1.77 bits per heavy atom. The summed E-state index contributed by atoms with van der Waals surface area (Å²) in [6.07, 6.45) is 0.881. The van der Waals surface area contributed by atoms with Gasteiger partial charge in [0.25, 0.3) is 5.91 Å². The highest BCUT2D eigenvalue weighted by molar-refractivity contribution is 5.91. The van der Waals surface area contributed by atoms with Crippen molar-refractivity contribution in [2.24, 2.45) is 0 Å². The predicted molar refractivity (Wildman–Crippen MR) is 120 cm³/mol. The minimum atomic E-state index is -0.183. The van der Waals surface area contributed by atoms with Gasteiger partial charge in [-0.05, 0) is 42.3 Å². The van der Waals surface area contributed by atoms with E-state index >= 15 is 0 Å². The summed E-state index contributed by atoms with van der Waals surface area (Å²) in [5.41, 5.74) is 2.21. The van der Waals surface area contributed by atoms with E-state index in [2.05, 4.69) is 22.3 Å². The van der Waals surface area contributed by atoms with Gasteiger partial charge in [-0.25, -0.2) is 0 Å². The van der Waals surface area contributed by atoms with Gasteiger partial charge in [-0.2, -0.15) is 0 Å². The first-order chi connectivity index (χ1) is 15.1. The molecule has 164 valence electrons. The molecule has 0 radical (unpaired) electrons. The molecule has 0 bridgehead atoms. The fourth-order valence-corrected chi connectivity index (χ4v) is 3.39. The number of nitrogens with one attached hydrogen (secondary N) is 1. The van der Waals surface area contributed by atoms with Crippen LogP contribution in [0.4, 0.5) is 0 Å². The van der Waals surface area contributed by atoms with Crippen LogP contribution in [-0.2, 0) is 19.6 Å². The summed E-state index contributed by atoms with van der Waals surface area (Å²) in [6.45, 7) is 4.55. The second kappa shape index (κ2) is 11.2. The number of nitrogens with zero attached hydrogens (tertiary/aromatic N) is 1. The number of benzene rings is 2.